The van der Waals surface area contributed by atoms with Crippen LogP contribution in [-0.2, 0) is 11.3 Å². The highest BCUT2D eigenvalue weighted by atomic mass is 127. The molecule has 0 saturated carbocycles. The highest BCUT2D eigenvalue weighted by Gasteiger charge is 1.97. The Hall–Kier alpha value is -0.890. The summed E-state index contributed by atoms with van der Waals surface area (Å²) in [5.74, 6) is 0.542. The van der Waals surface area contributed by atoms with Gasteiger partial charge in [-0.05, 0) is 31.0 Å². The fraction of sp³-hybridized carbons (Fsp3) is 0.500. The summed E-state index contributed by atoms with van der Waals surface area (Å²) < 4.78 is 17.8. The number of nitrogens with one attached hydrogen (secondary N) is 2. The molecule has 0 saturated heterocycles. The van der Waals surface area contributed by atoms with E-state index < -0.39 is 0 Å². The van der Waals surface area contributed by atoms with Crippen molar-refractivity contribution in [3.05, 3.63) is 35.6 Å². The lowest BCUT2D eigenvalue weighted by Gasteiger charge is -2.11. The van der Waals surface area contributed by atoms with Crippen molar-refractivity contribution >= 4 is 29.9 Å². The lowest BCUT2D eigenvalue weighted by Crippen LogP contribution is -2.38. The van der Waals surface area contributed by atoms with Gasteiger partial charge < -0.3 is 15.4 Å². The van der Waals surface area contributed by atoms with Gasteiger partial charge in [-0.25, -0.2) is 9.38 Å². The van der Waals surface area contributed by atoms with Crippen molar-refractivity contribution in [2.24, 2.45) is 4.99 Å². The molecule has 1 aromatic carbocycles. The van der Waals surface area contributed by atoms with Crippen LogP contribution in [0.4, 0.5) is 4.39 Å². The first-order valence-electron chi connectivity index (χ1n) is 6.51. The van der Waals surface area contributed by atoms with Gasteiger partial charge in [-0.2, -0.15) is 0 Å². The summed E-state index contributed by atoms with van der Waals surface area (Å²) in [4.78, 5) is 4.44. The van der Waals surface area contributed by atoms with Gasteiger partial charge in [0, 0.05) is 26.8 Å². The molecule has 0 aliphatic rings. The molecule has 0 unspecified atom stereocenters. The van der Waals surface area contributed by atoms with Gasteiger partial charge >= 0.3 is 0 Å². The maximum absolute atomic E-state index is 12.8. The number of hydrogen-bond donors (Lipinski definition) is 2. The van der Waals surface area contributed by atoms with E-state index in [1.807, 2.05) is 6.92 Å². The molecule has 20 heavy (non-hydrogen) atoms. The first-order chi connectivity index (χ1) is 9.26. The summed E-state index contributed by atoms with van der Waals surface area (Å²) in [5, 5.41) is 6.39. The Labute approximate surface area is 137 Å². The number of hydrogen-bond acceptors (Lipinski definition) is 2. The quantitative estimate of drug-likeness (QED) is 0.323. The topological polar surface area (TPSA) is 45.7 Å². The molecule has 1 aromatic rings. The van der Waals surface area contributed by atoms with Crippen LogP contribution in [-0.4, -0.2) is 32.8 Å². The SMILES string of the molecule is CCNC(=NCc1ccc(F)cc1)NCCCOC.I. The van der Waals surface area contributed by atoms with Crippen molar-refractivity contribution in [3.8, 4) is 0 Å². The minimum absolute atomic E-state index is 0. The van der Waals surface area contributed by atoms with E-state index in [1.165, 1.54) is 12.1 Å². The average molecular weight is 395 g/mol. The van der Waals surface area contributed by atoms with Crippen LogP contribution in [0.1, 0.15) is 18.9 Å². The zero-order valence-electron chi connectivity index (χ0n) is 12.0. The second kappa shape index (κ2) is 11.9. The van der Waals surface area contributed by atoms with Crippen molar-refractivity contribution in [1.82, 2.24) is 10.6 Å². The maximum Gasteiger partial charge on any atom is 0.191 e. The minimum atomic E-state index is -0.225. The van der Waals surface area contributed by atoms with Gasteiger partial charge in [-0.15, -0.1) is 24.0 Å². The molecular weight excluding hydrogens is 372 g/mol. The van der Waals surface area contributed by atoms with E-state index in [9.17, 15) is 4.39 Å². The Bertz CT molecular complexity index is 385. The Morgan fingerprint density at radius 2 is 1.95 bits per heavy atom. The fourth-order valence-corrected chi connectivity index (χ4v) is 1.53. The van der Waals surface area contributed by atoms with E-state index in [0.717, 1.165) is 37.6 Å². The van der Waals surface area contributed by atoms with E-state index in [1.54, 1.807) is 19.2 Å². The molecule has 0 aliphatic heterocycles. The van der Waals surface area contributed by atoms with Crippen molar-refractivity contribution < 1.29 is 9.13 Å². The number of methoxy groups -OCH3 is 1. The molecule has 6 heteroatoms. The first-order valence-corrected chi connectivity index (χ1v) is 6.51. The average Bonchev–Trinajstić information content (AvgIpc) is 2.42. The number of aliphatic imine (C=N–C) groups is 1. The lowest BCUT2D eigenvalue weighted by molar-refractivity contribution is 0.195. The fourth-order valence-electron chi connectivity index (χ4n) is 1.53. The highest BCUT2D eigenvalue weighted by Crippen LogP contribution is 2.03. The van der Waals surface area contributed by atoms with Crippen LogP contribution < -0.4 is 10.6 Å². The van der Waals surface area contributed by atoms with Crippen LogP contribution in [0, 0.1) is 5.82 Å². The van der Waals surface area contributed by atoms with Gasteiger partial charge in [-0.1, -0.05) is 12.1 Å². The maximum atomic E-state index is 12.8. The van der Waals surface area contributed by atoms with E-state index in [4.69, 9.17) is 4.74 Å². The standard InChI is InChI=1S/C14H22FN3O.HI/c1-3-16-14(17-9-4-10-19-2)18-11-12-5-7-13(15)8-6-12;/h5-8H,3-4,9-11H2,1-2H3,(H2,16,17,18);1H. The van der Waals surface area contributed by atoms with Crippen molar-refractivity contribution in [3.63, 3.8) is 0 Å². The molecule has 0 radical (unpaired) electrons. The molecule has 114 valence electrons. The van der Waals surface area contributed by atoms with Gasteiger partial charge in [0.25, 0.3) is 0 Å². The van der Waals surface area contributed by atoms with Crippen molar-refractivity contribution in [2.75, 3.05) is 26.8 Å². The molecule has 0 aromatic heterocycles. The number of rotatable bonds is 7. The first kappa shape index (κ1) is 19.1. The number of halogens is 2. The Balaban J connectivity index is 0.00000361. The molecule has 0 bridgehead atoms. The second-order valence-electron chi connectivity index (χ2n) is 4.09. The molecule has 0 aliphatic carbocycles. The van der Waals surface area contributed by atoms with Gasteiger partial charge in [-0.3, -0.25) is 0 Å². The molecule has 2 N–H and O–H groups in total. The predicted molar refractivity (Wildman–Crippen MR) is 91.1 cm³/mol. The summed E-state index contributed by atoms with van der Waals surface area (Å²) >= 11 is 0. The van der Waals surface area contributed by atoms with E-state index >= 15 is 0 Å². The smallest absolute Gasteiger partial charge is 0.191 e. The Kier molecular flexibility index (Phi) is 11.4. The summed E-state index contributed by atoms with van der Waals surface area (Å²) in [6.45, 7) is 4.89. The highest BCUT2D eigenvalue weighted by molar-refractivity contribution is 14.0. The predicted octanol–water partition coefficient (Wildman–Crippen LogP) is 2.54. The monoisotopic (exact) mass is 395 g/mol. The molecule has 0 fully saturated rings. The van der Waals surface area contributed by atoms with Gasteiger partial charge in [0.05, 0.1) is 6.54 Å². The van der Waals surface area contributed by atoms with Gasteiger partial charge in [0.1, 0.15) is 5.82 Å². The zero-order chi connectivity index (χ0) is 13.9. The van der Waals surface area contributed by atoms with Crippen LogP contribution in [0.2, 0.25) is 0 Å². The third-order valence-electron chi connectivity index (χ3n) is 2.49. The molecule has 0 heterocycles. The largest absolute Gasteiger partial charge is 0.385 e. The normalized spacial score (nSPS) is 10.8. The minimum Gasteiger partial charge on any atom is -0.385 e. The number of ether oxygens (including phenoxy) is 1. The van der Waals surface area contributed by atoms with Crippen LogP contribution >= 0.6 is 24.0 Å². The van der Waals surface area contributed by atoms with E-state index in [0.29, 0.717) is 6.54 Å². The van der Waals surface area contributed by atoms with Crippen LogP contribution in [0.25, 0.3) is 0 Å². The summed E-state index contributed by atoms with van der Waals surface area (Å²) in [5.41, 5.74) is 0.982. The van der Waals surface area contributed by atoms with E-state index in [-0.39, 0.29) is 29.8 Å². The van der Waals surface area contributed by atoms with Crippen LogP contribution in [0.5, 0.6) is 0 Å². The third kappa shape index (κ3) is 8.31. The molecular formula is C14H23FIN3O. The van der Waals surface area contributed by atoms with Gasteiger partial charge in [0.2, 0.25) is 0 Å². The molecule has 0 amide bonds. The zero-order valence-corrected chi connectivity index (χ0v) is 14.3. The molecule has 1 rings (SSSR count). The molecule has 0 atom stereocenters. The molecule has 4 nitrogen and oxygen atoms in total. The summed E-state index contributed by atoms with van der Waals surface area (Å²) in [7, 11) is 1.69. The summed E-state index contributed by atoms with van der Waals surface area (Å²) in [6, 6.07) is 6.38. The van der Waals surface area contributed by atoms with Crippen molar-refractivity contribution in [1.29, 1.82) is 0 Å². The molecule has 0 spiro atoms. The lowest BCUT2D eigenvalue weighted by atomic mass is 10.2. The second-order valence-corrected chi connectivity index (χ2v) is 4.09. The van der Waals surface area contributed by atoms with Gasteiger partial charge in [0.15, 0.2) is 5.96 Å². The Morgan fingerprint density at radius 3 is 2.55 bits per heavy atom. The van der Waals surface area contributed by atoms with Crippen molar-refractivity contribution in [2.45, 2.75) is 19.9 Å². The van der Waals surface area contributed by atoms with Crippen LogP contribution in [0.3, 0.4) is 0 Å². The number of guanidine groups is 1. The third-order valence-corrected chi connectivity index (χ3v) is 2.49. The van der Waals surface area contributed by atoms with Crippen LogP contribution in [0.15, 0.2) is 29.3 Å². The van der Waals surface area contributed by atoms with E-state index in [2.05, 4.69) is 15.6 Å². The number of benzene rings is 1. The Morgan fingerprint density at radius 1 is 1.25 bits per heavy atom. The number of nitrogens with zero attached hydrogens (tertiary/aromatic N) is 1. The summed E-state index contributed by atoms with van der Waals surface area (Å²) in [6.07, 6.45) is 0.928.